The molecule has 1 atom stereocenters. The highest BCUT2D eigenvalue weighted by Crippen LogP contribution is 2.40. The number of ether oxygens (including phenoxy) is 2. The zero-order valence-electron chi connectivity index (χ0n) is 14.7. The number of fused-ring (bicyclic) bond motifs is 1. The molecule has 0 N–H and O–H groups in total. The molecule has 3 rings (SSSR count). The smallest absolute Gasteiger partial charge is 0.162 e. The number of hydrogen-bond donors (Lipinski definition) is 0. The van der Waals surface area contributed by atoms with E-state index in [-0.39, 0.29) is 6.04 Å². The number of aliphatic imine (C=N–C) groups is 1. The summed E-state index contributed by atoms with van der Waals surface area (Å²) in [6, 6.07) is 14.9. The maximum absolute atomic E-state index is 5.48. The Morgan fingerprint density at radius 2 is 1.75 bits per heavy atom. The molecule has 4 nitrogen and oxygen atoms in total. The minimum Gasteiger partial charge on any atom is -0.493 e. The fraction of sp³-hybridized carbons (Fsp3) is 0.350. The second-order valence-electron chi connectivity index (χ2n) is 5.96. The van der Waals surface area contributed by atoms with Gasteiger partial charge in [-0.3, -0.25) is 0 Å². The van der Waals surface area contributed by atoms with E-state index in [1.165, 1.54) is 11.1 Å². The summed E-state index contributed by atoms with van der Waals surface area (Å²) in [6.07, 6.45) is 1.76. The lowest BCUT2D eigenvalue weighted by Crippen LogP contribution is -2.30. The summed E-state index contributed by atoms with van der Waals surface area (Å²) < 4.78 is 10.9. The molecule has 1 aliphatic rings. The van der Waals surface area contributed by atoms with Gasteiger partial charge in [0.05, 0.1) is 25.9 Å². The lowest BCUT2D eigenvalue weighted by atomic mass is 9.97. The van der Waals surface area contributed by atoms with Crippen molar-refractivity contribution in [1.29, 1.82) is 0 Å². The highest BCUT2D eigenvalue weighted by Gasteiger charge is 2.25. The average molecular weight is 324 g/mol. The molecule has 0 bridgehead atoms. The first kappa shape index (κ1) is 16.4. The van der Waals surface area contributed by atoms with Gasteiger partial charge in [-0.2, -0.15) is 0 Å². The highest BCUT2D eigenvalue weighted by atomic mass is 16.5. The van der Waals surface area contributed by atoms with Crippen LogP contribution < -0.4 is 9.47 Å². The van der Waals surface area contributed by atoms with E-state index in [0.717, 1.165) is 35.9 Å². The van der Waals surface area contributed by atoms with Crippen LogP contribution in [0.5, 0.6) is 11.5 Å². The quantitative estimate of drug-likeness (QED) is 0.837. The van der Waals surface area contributed by atoms with Crippen molar-refractivity contribution >= 4 is 11.5 Å². The average Bonchev–Trinajstić information content (AvgIpc) is 2.77. The first-order valence-corrected chi connectivity index (χ1v) is 8.28. The van der Waals surface area contributed by atoms with Gasteiger partial charge in [-0.15, -0.1) is 0 Å². The van der Waals surface area contributed by atoms with Crippen molar-refractivity contribution < 1.29 is 9.47 Å². The van der Waals surface area contributed by atoms with Gasteiger partial charge in [-0.05, 0) is 23.6 Å². The van der Waals surface area contributed by atoms with Crippen LogP contribution in [0.2, 0.25) is 0 Å². The van der Waals surface area contributed by atoms with Crippen LogP contribution in [0.4, 0.5) is 5.69 Å². The Hall–Kier alpha value is -2.49. The van der Waals surface area contributed by atoms with Crippen molar-refractivity contribution in [2.75, 3.05) is 21.3 Å². The first-order chi connectivity index (χ1) is 11.7. The molecule has 2 aromatic carbocycles. The maximum atomic E-state index is 5.48. The number of likely N-dealkylation sites (N-methyl/N-ethyl adjacent to an activating group) is 1. The van der Waals surface area contributed by atoms with Crippen molar-refractivity contribution in [3.63, 3.8) is 0 Å². The Morgan fingerprint density at radius 1 is 1.08 bits per heavy atom. The third kappa shape index (κ3) is 2.96. The summed E-state index contributed by atoms with van der Waals surface area (Å²) in [4.78, 5) is 7.19. The summed E-state index contributed by atoms with van der Waals surface area (Å²) in [5.74, 6) is 2.55. The molecule has 0 saturated carbocycles. The van der Waals surface area contributed by atoms with E-state index in [9.17, 15) is 0 Å². The first-order valence-electron chi connectivity index (χ1n) is 8.28. The zero-order valence-corrected chi connectivity index (χ0v) is 14.7. The van der Waals surface area contributed by atoms with Gasteiger partial charge in [-0.25, -0.2) is 4.99 Å². The van der Waals surface area contributed by atoms with E-state index in [0.29, 0.717) is 0 Å². The number of methoxy groups -OCH3 is 2. The summed E-state index contributed by atoms with van der Waals surface area (Å²) in [5.41, 5.74) is 3.44. The van der Waals surface area contributed by atoms with Gasteiger partial charge in [0.1, 0.15) is 5.84 Å². The largest absolute Gasteiger partial charge is 0.493 e. The van der Waals surface area contributed by atoms with Gasteiger partial charge in [0.15, 0.2) is 11.5 Å². The van der Waals surface area contributed by atoms with E-state index < -0.39 is 0 Å². The van der Waals surface area contributed by atoms with E-state index in [4.69, 9.17) is 14.5 Å². The summed E-state index contributed by atoms with van der Waals surface area (Å²) >= 11 is 0. The number of amidine groups is 1. The van der Waals surface area contributed by atoms with Crippen molar-refractivity contribution in [3.05, 3.63) is 53.6 Å². The van der Waals surface area contributed by atoms with Crippen LogP contribution >= 0.6 is 0 Å². The van der Waals surface area contributed by atoms with Crippen molar-refractivity contribution in [3.8, 4) is 11.5 Å². The molecule has 0 amide bonds. The molecular formula is C20H24N2O2. The van der Waals surface area contributed by atoms with Crippen LogP contribution in [0, 0.1) is 0 Å². The highest BCUT2D eigenvalue weighted by molar-refractivity contribution is 5.86. The van der Waals surface area contributed by atoms with Crippen LogP contribution in [-0.4, -0.2) is 32.0 Å². The van der Waals surface area contributed by atoms with Crippen LogP contribution in [0.1, 0.15) is 30.5 Å². The molecule has 0 spiro atoms. The van der Waals surface area contributed by atoms with Gasteiger partial charge >= 0.3 is 0 Å². The van der Waals surface area contributed by atoms with Gasteiger partial charge in [0.2, 0.25) is 0 Å². The van der Waals surface area contributed by atoms with E-state index >= 15 is 0 Å². The molecule has 24 heavy (non-hydrogen) atoms. The zero-order chi connectivity index (χ0) is 17.1. The number of hydrogen-bond acceptors (Lipinski definition) is 4. The number of rotatable bonds is 4. The fourth-order valence-corrected chi connectivity index (χ4v) is 3.27. The van der Waals surface area contributed by atoms with Gasteiger partial charge in [0, 0.05) is 19.5 Å². The lowest BCUT2D eigenvalue weighted by Gasteiger charge is -2.29. The predicted octanol–water partition coefficient (Wildman–Crippen LogP) is 4.37. The molecule has 0 radical (unpaired) electrons. The maximum Gasteiger partial charge on any atom is 0.162 e. The second-order valence-corrected chi connectivity index (χ2v) is 5.96. The van der Waals surface area contributed by atoms with E-state index in [2.05, 4.69) is 55.3 Å². The molecule has 4 heteroatoms. The van der Waals surface area contributed by atoms with Gasteiger partial charge < -0.3 is 14.4 Å². The van der Waals surface area contributed by atoms with Crippen LogP contribution in [-0.2, 0) is 6.42 Å². The molecule has 0 saturated heterocycles. The Kier molecular flexibility index (Phi) is 4.74. The third-order valence-electron chi connectivity index (χ3n) is 4.62. The van der Waals surface area contributed by atoms with Gasteiger partial charge in [-0.1, -0.05) is 37.3 Å². The number of nitrogens with zero attached hydrogens (tertiary/aromatic N) is 2. The fourth-order valence-electron chi connectivity index (χ4n) is 3.27. The summed E-state index contributed by atoms with van der Waals surface area (Å²) in [5, 5.41) is 0. The monoisotopic (exact) mass is 324 g/mol. The standard InChI is InChI=1S/C20H24N2O2/c1-5-20-21-16-13-19(24-4)18(23-3)12-15(16)11-17(22(20)2)14-9-7-6-8-10-14/h6-10,12-13,17H,5,11H2,1-4H3. The molecule has 0 aliphatic carbocycles. The molecule has 0 fully saturated rings. The molecule has 2 aromatic rings. The minimum absolute atomic E-state index is 0.254. The minimum atomic E-state index is 0.254. The van der Waals surface area contributed by atoms with Crippen molar-refractivity contribution in [2.45, 2.75) is 25.8 Å². The molecule has 0 aromatic heterocycles. The Labute approximate surface area is 143 Å². The second kappa shape index (κ2) is 6.95. The van der Waals surface area contributed by atoms with E-state index in [1.807, 2.05) is 6.07 Å². The summed E-state index contributed by atoms with van der Waals surface area (Å²) in [6.45, 7) is 2.14. The lowest BCUT2D eigenvalue weighted by molar-refractivity contribution is 0.352. The Morgan fingerprint density at radius 3 is 2.38 bits per heavy atom. The van der Waals surface area contributed by atoms with E-state index in [1.54, 1.807) is 14.2 Å². The molecule has 1 heterocycles. The van der Waals surface area contributed by atoms with Crippen molar-refractivity contribution in [2.24, 2.45) is 4.99 Å². The van der Waals surface area contributed by atoms with Crippen molar-refractivity contribution in [1.82, 2.24) is 4.90 Å². The SMILES string of the molecule is CCC1=Nc2cc(OC)c(OC)cc2CC(c2ccccc2)N1C. The Bertz CT molecular complexity index is 741. The number of benzene rings is 2. The third-order valence-corrected chi connectivity index (χ3v) is 4.62. The van der Waals surface area contributed by atoms with Gasteiger partial charge in [0.25, 0.3) is 0 Å². The molecular weight excluding hydrogens is 300 g/mol. The predicted molar refractivity (Wildman–Crippen MR) is 97.6 cm³/mol. The van der Waals surface area contributed by atoms with Crippen LogP contribution in [0.15, 0.2) is 47.5 Å². The molecule has 1 unspecified atom stereocenters. The topological polar surface area (TPSA) is 34.1 Å². The van der Waals surface area contributed by atoms with Crippen LogP contribution in [0.3, 0.4) is 0 Å². The summed E-state index contributed by atoms with van der Waals surface area (Å²) in [7, 11) is 5.45. The molecule has 1 aliphatic heterocycles. The molecule has 126 valence electrons. The Balaban J connectivity index is 2.12. The van der Waals surface area contributed by atoms with Crippen LogP contribution in [0.25, 0.3) is 0 Å². The normalized spacial score (nSPS) is 16.9.